The molecule has 0 bridgehead atoms. The van der Waals surface area contributed by atoms with E-state index in [1.807, 2.05) is 23.1 Å². The zero-order valence-corrected chi connectivity index (χ0v) is 18.7. The summed E-state index contributed by atoms with van der Waals surface area (Å²) in [5.41, 5.74) is 3.72. The number of aryl methyl sites for hydroxylation is 1. The topological polar surface area (TPSA) is 42.0 Å². The fourth-order valence-electron chi connectivity index (χ4n) is 3.97. The Labute approximate surface area is 180 Å². The molecule has 1 saturated heterocycles. The van der Waals surface area contributed by atoms with Crippen LogP contribution in [0.1, 0.15) is 42.9 Å². The largest absolute Gasteiger partial charge is 0.493 e. The summed E-state index contributed by atoms with van der Waals surface area (Å²) < 4.78 is 10.8. The van der Waals surface area contributed by atoms with Crippen molar-refractivity contribution in [3.63, 3.8) is 0 Å². The van der Waals surface area contributed by atoms with E-state index in [2.05, 4.69) is 43.0 Å². The van der Waals surface area contributed by atoms with Gasteiger partial charge >= 0.3 is 0 Å². The SMILES string of the molecule is COc1cccc(CCC(=O)N2CCN(Cc3ccc(C(C)C)cc3)CC2)c1OC. The van der Waals surface area contributed by atoms with Crippen LogP contribution >= 0.6 is 0 Å². The van der Waals surface area contributed by atoms with E-state index in [-0.39, 0.29) is 5.91 Å². The summed E-state index contributed by atoms with van der Waals surface area (Å²) in [6.07, 6.45) is 1.14. The summed E-state index contributed by atoms with van der Waals surface area (Å²) in [6, 6.07) is 14.7. The number of piperazine rings is 1. The van der Waals surface area contributed by atoms with Crippen LogP contribution in [0.3, 0.4) is 0 Å². The van der Waals surface area contributed by atoms with Gasteiger partial charge in [0.1, 0.15) is 0 Å². The van der Waals surface area contributed by atoms with Gasteiger partial charge < -0.3 is 14.4 Å². The minimum atomic E-state index is 0.209. The van der Waals surface area contributed by atoms with Crippen molar-refractivity contribution >= 4 is 5.91 Å². The molecular formula is C25H34N2O3. The van der Waals surface area contributed by atoms with E-state index in [0.717, 1.165) is 44.0 Å². The first kappa shape index (κ1) is 22.2. The van der Waals surface area contributed by atoms with Gasteiger partial charge in [0, 0.05) is 39.1 Å². The van der Waals surface area contributed by atoms with Crippen LogP contribution in [-0.2, 0) is 17.8 Å². The second-order valence-electron chi connectivity index (χ2n) is 8.21. The molecule has 0 unspecified atom stereocenters. The van der Waals surface area contributed by atoms with E-state index in [1.165, 1.54) is 11.1 Å². The molecule has 1 fully saturated rings. The molecule has 0 aliphatic carbocycles. The lowest BCUT2D eigenvalue weighted by atomic mass is 10.0. The zero-order valence-electron chi connectivity index (χ0n) is 18.7. The number of methoxy groups -OCH3 is 2. The van der Waals surface area contributed by atoms with Crippen molar-refractivity contribution in [3.8, 4) is 11.5 Å². The van der Waals surface area contributed by atoms with Crippen LogP contribution in [0.2, 0.25) is 0 Å². The number of amides is 1. The molecule has 162 valence electrons. The van der Waals surface area contributed by atoms with Crippen molar-refractivity contribution in [2.24, 2.45) is 0 Å². The summed E-state index contributed by atoms with van der Waals surface area (Å²) in [5, 5.41) is 0. The molecule has 0 N–H and O–H groups in total. The van der Waals surface area contributed by atoms with Gasteiger partial charge in [-0.15, -0.1) is 0 Å². The van der Waals surface area contributed by atoms with Crippen molar-refractivity contribution in [3.05, 3.63) is 59.2 Å². The van der Waals surface area contributed by atoms with E-state index in [1.54, 1.807) is 14.2 Å². The molecule has 0 aromatic heterocycles. The van der Waals surface area contributed by atoms with E-state index < -0.39 is 0 Å². The highest BCUT2D eigenvalue weighted by atomic mass is 16.5. The quantitative estimate of drug-likeness (QED) is 0.657. The van der Waals surface area contributed by atoms with Crippen molar-refractivity contribution in [2.75, 3.05) is 40.4 Å². The Hall–Kier alpha value is -2.53. The fourth-order valence-corrected chi connectivity index (χ4v) is 3.97. The van der Waals surface area contributed by atoms with E-state index in [9.17, 15) is 4.79 Å². The Bertz CT molecular complexity index is 825. The normalized spacial score (nSPS) is 14.8. The van der Waals surface area contributed by atoms with Gasteiger partial charge in [-0.25, -0.2) is 0 Å². The average molecular weight is 411 g/mol. The van der Waals surface area contributed by atoms with Crippen LogP contribution in [-0.4, -0.2) is 56.1 Å². The third kappa shape index (κ3) is 5.54. The molecule has 0 spiro atoms. The molecule has 1 amide bonds. The number of carbonyl (C=O) groups is 1. The lowest BCUT2D eigenvalue weighted by Gasteiger charge is -2.35. The Morgan fingerprint density at radius 2 is 1.67 bits per heavy atom. The summed E-state index contributed by atoms with van der Waals surface area (Å²) in [7, 11) is 3.27. The molecular weight excluding hydrogens is 376 g/mol. The van der Waals surface area contributed by atoms with Gasteiger partial charge in [-0.2, -0.15) is 0 Å². The van der Waals surface area contributed by atoms with Crippen LogP contribution in [0.15, 0.2) is 42.5 Å². The molecule has 3 rings (SSSR count). The van der Waals surface area contributed by atoms with Gasteiger partial charge in [-0.1, -0.05) is 50.2 Å². The predicted molar refractivity (Wildman–Crippen MR) is 120 cm³/mol. The van der Waals surface area contributed by atoms with Gasteiger partial charge in [0.15, 0.2) is 11.5 Å². The number of carbonyl (C=O) groups excluding carboxylic acids is 1. The number of para-hydroxylation sites is 1. The Kier molecular flexibility index (Phi) is 7.75. The first-order valence-corrected chi connectivity index (χ1v) is 10.8. The first-order valence-electron chi connectivity index (χ1n) is 10.8. The average Bonchev–Trinajstić information content (AvgIpc) is 2.77. The standard InChI is InChI=1S/C25H34N2O3/c1-19(2)21-10-8-20(9-11-21)18-26-14-16-27(17-15-26)24(28)13-12-22-6-5-7-23(29-3)25(22)30-4/h5-11,19H,12-18H2,1-4H3. The second-order valence-corrected chi connectivity index (χ2v) is 8.21. The van der Waals surface area contributed by atoms with Gasteiger partial charge in [0.2, 0.25) is 5.91 Å². The molecule has 5 heteroatoms. The lowest BCUT2D eigenvalue weighted by Crippen LogP contribution is -2.48. The highest BCUT2D eigenvalue weighted by molar-refractivity contribution is 5.76. The first-order chi connectivity index (χ1) is 14.5. The van der Waals surface area contributed by atoms with Crippen LogP contribution in [0.25, 0.3) is 0 Å². The Morgan fingerprint density at radius 3 is 2.27 bits per heavy atom. The van der Waals surface area contributed by atoms with E-state index in [0.29, 0.717) is 24.5 Å². The smallest absolute Gasteiger partial charge is 0.222 e. The summed E-state index contributed by atoms with van der Waals surface area (Å²) in [5.74, 6) is 2.20. The molecule has 0 atom stereocenters. The molecule has 5 nitrogen and oxygen atoms in total. The molecule has 1 aliphatic rings. The molecule has 1 aliphatic heterocycles. The Morgan fingerprint density at radius 1 is 0.967 bits per heavy atom. The van der Waals surface area contributed by atoms with Crippen molar-refractivity contribution in [1.82, 2.24) is 9.80 Å². The zero-order chi connectivity index (χ0) is 21.5. The molecule has 0 saturated carbocycles. The van der Waals surface area contributed by atoms with Gasteiger partial charge in [0.25, 0.3) is 0 Å². The van der Waals surface area contributed by atoms with Crippen molar-refractivity contribution in [2.45, 2.75) is 39.2 Å². The van der Waals surface area contributed by atoms with Crippen LogP contribution in [0, 0.1) is 0 Å². The maximum atomic E-state index is 12.7. The third-order valence-corrected chi connectivity index (χ3v) is 5.87. The molecule has 1 heterocycles. The van der Waals surface area contributed by atoms with Crippen LogP contribution in [0.5, 0.6) is 11.5 Å². The fraction of sp³-hybridized carbons (Fsp3) is 0.480. The van der Waals surface area contributed by atoms with Crippen LogP contribution < -0.4 is 9.47 Å². The maximum absolute atomic E-state index is 12.7. The van der Waals surface area contributed by atoms with Crippen LogP contribution in [0.4, 0.5) is 0 Å². The lowest BCUT2D eigenvalue weighted by molar-refractivity contribution is -0.133. The van der Waals surface area contributed by atoms with Gasteiger partial charge in [-0.3, -0.25) is 9.69 Å². The monoisotopic (exact) mass is 410 g/mol. The van der Waals surface area contributed by atoms with E-state index >= 15 is 0 Å². The number of ether oxygens (including phenoxy) is 2. The third-order valence-electron chi connectivity index (χ3n) is 5.87. The van der Waals surface area contributed by atoms with Crippen molar-refractivity contribution < 1.29 is 14.3 Å². The number of benzene rings is 2. The highest BCUT2D eigenvalue weighted by Gasteiger charge is 2.21. The number of nitrogens with zero attached hydrogens (tertiary/aromatic N) is 2. The minimum absolute atomic E-state index is 0.209. The minimum Gasteiger partial charge on any atom is -0.493 e. The predicted octanol–water partition coefficient (Wildman–Crippen LogP) is 4.10. The van der Waals surface area contributed by atoms with Crippen molar-refractivity contribution in [1.29, 1.82) is 0 Å². The van der Waals surface area contributed by atoms with Gasteiger partial charge in [-0.05, 0) is 35.1 Å². The maximum Gasteiger partial charge on any atom is 0.222 e. The number of hydrogen-bond acceptors (Lipinski definition) is 4. The summed E-state index contributed by atoms with van der Waals surface area (Å²) in [6.45, 7) is 8.79. The highest BCUT2D eigenvalue weighted by Crippen LogP contribution is 2.31. The summed E-state index contributed by atoms with van der Waals surface area (Å²) in [4.78, 5) is 17.1. The Balaban J connectivity index is 1.47. The molecule has 2 aromatic rings. The molecule has 0 radical (unpaired) electrons. The second kappa shape index (κ2) is 10.5. The molecule has 30 heavy (non-hydrogen) atoms. The molecule has 2 aromatic carbocycles. The number of rotatable bonds is 8. The summed E-state index contributed by atoms with van der Waals surface area (Å²) >= 11 is 0. The van der Waals surface area contributed by atoms with E-state index in [4.69, 9.17) is 9.47 Å². The number of hydrogen-bond donors (Lipinski definition) is 0. The van der Waals surface area contributed by atoms with Gasteiger partial charge in [0.05, 0.1) is 14.2 Å².